The van der Waals surface area contributed by atoms with Gasteiger partial charge in [-0.25, -0.2) is 9.79 Å². The quantitative estimate of drug-likeness (QED) is 0.174. The smallest absolute Gasteiger partial charge is 0.337 e. The SMILES string of the molecule is COC(=O)c1ccc2c(C(=Nc3ccc(CN(C)C(CCN)C(=O)OC(C)(C)C)cc3)c3ccccc3)c(O)[nH]c2c1. The summed E-state index contributed by atoms with van der Waals surface area (Å²) >= 11 is 0. The summed E-state index contributed by atoms with van der Waals surface area (Å²) in [7, 11) is 3.21. The van der Waals surface area contributed by atoms with Crippen LogP contribution in [0.2, 0.25) is 0 Å². The molecule has 0 radical (unpaired) electrons. The van der Waals surface area contributed by atoms with Gasteiger partial charge in [0.25, 0.3) is 0 Å². The number of likely N-dealkylation sites (N-methyl/N-ethyl adjacent to an activating group) is 1. The van der Waals surface area contributed by atoms with E-state index in [1.54, 1.807) is 18.2 Å². The lowest BCUT2D eigenvalue weighted by molar-refractivity contribution is -0.161. The van der Waals surface area contributed by atoms with Gasteiger partial charge in [-0.2, -0.15) is 0 Å². The van der Waals surface area contributed by atoms with Crippen LogP contribution in [-0.4, -0.2) is 65.0 Å². The molecule has 42 heavy (non-hydrogen) atoms. The Morgan fingerprint density at radius 2 is 1.71 bits per heavy atom. The van der Waals surface area contributed by atoms with Gasteiger partial charge in [-0.15, -0.1) is 0 Å². The Morgan fingerprint density at radius 1 is 1.02 bits per heavy atom. The van der Waals surface area contributed by atoms with E-state index in [9.17, 15) is 14.7 Å². The number of methoxy groups -OCH3 is 1. The number of fused-ring (bicyclic) bond motifs is 1. The van der Waals surface area contributed by atoms with Gasteiger partial charge in [0.15, 0.2) is 5.88 Å². The zero-order valence-corrected chi connectivity index (χ0v) is 24.7. The molecule has 0 amide bonds. The highest BCUT2D eigenvalue weighted by molar-refractivity contribution is 6.22. The molecule has 0 aliphatic rings. The summed E-state index contributed by atoms with van der Waals surface area (Å²) < 4.78 is 10.5. The molecule has 9 heteroatoms. The van der Waals surface area contributed by atoms with Gasteiger partial charge in [-0.1, -0.05) is 48.5 Å². The number of carbonyl (C=O) groups excluding carboxylic acids is 2. The molecule has 0 aliphatic carbocycles. The second kappa shape index (κ2) is 13.0. The minimum absolute atomic E-state index is 0.0547. The van der Waals surface area contributed by atoms with E-state index >= 15 is 0 Å². The van der Waals surface area contributed by atoms with Crippen LogP contribution in [0.5, 0.6) is 5.88 Å². The van der Waals surface area contributed by atoms with Crippen LogP contribution in [0.4, 0.5) is 5.69 Å². The first-order valence-electron chi connectivity index (χ1n) is 13.8. The van der Waals surface area contributed by atoms with Crippen molar-refractivity contribution in [2.45, 2.75) is 45.4 Å². The predicted molar refractivity (Wildman–Crippen MR) is 164 cm³/mol. The largest absolute Gasteiger partial charge is 0.494 e. The Bertz CT molecular complexity index is 1570. The number of aromatic hydroxyl groups is 1. The van der Waals surface area contributed by atoms with Gasteiger partial charge in [0.05, 0.1) is 29.6 Å². The fourth-order valence-corrected chi connectivity index (χ4v) is 4.78. The van der Waals surface area contributed by atoms with Crippen LogP contribution in [0, 0.1) is 0 Å². The third kappa shape index (κ3) is 7.23. The fourth-order valence-electron chi connectivity index (χ4n) is 4.78. The standard InChI is InChI=1S/C33H38N4O5/c1-33(2,3)42-32(40)27(17-18-34)37(4)20-21-11-14-24(15-12-21)35-29(22-9-7-6-8-10-22)28-25-16-13-23(31(39)41-5)19-26(25)36-30(28)38/h6-16,19,27,36,38H,17-18,20,34H2,1-5H3. The first kappa shape index (κ1) is 30.5. The Balaban J connectivity index is 1.65. The third-order valence-corrected chi connectivity index (χ3v) is 6.74. The number of carbonyl (C=O) groups is 2. The lowest BCUT2D eigenvalue weighted by Crippen LogP contribution is -2.43. The van der Waals surface area contributed by atoms with Crippen molar-refractivity contribution in [2.75, 3.05) is 20.7 Å². The number of esters is 2. The molecule has 0 bridgehead atoms. The predicted octanol–water partition coefficient (Wildman–Crippen LogP) is 5.32. The number of hydrogen-bond acceptors (Lipinski definition) is 8. The molecule has 0 spiro atoms. The summed E-state index contributed by atoms with van der Waals surface area (Å²) in [6.45, 7) is 6.44. The zero-order chi connectivity index (χ0) is 30.4. The number of aromatic amines is 1. The van der Waals surface area contributed by atoms with Crippen LogP contribution in [0.25, 0.3) is 10.9 Å². The summed E-state index contributed by atoms with van der Waals surface area (Å²) in [5.74, 6) is -0.807. The maximum atomic E-state index is 12.8. The topological polar surface area (TPSA) is 130 Å². The number of aliphatic imine (C=N–C) groups is 1. The van der Waals surface area contributed by atoms with E-state index in [1.165, 1.54) is 7.11 Å². The van der Waals surface area contributed by atoms with E-state index in [0.717, 1.165) is 11.1 Å². The van der Waals surface area contributed by atoms with Gasteiger partial charge in [0.2, 0.25) is 0 Å². The van der Waals surface area contributed by atoms with Gasteiger partial charge in [-0.05, 0) is 70.6 Å². The summed E-state index contributed by atoms with van der Waals surface area (Å²) in [5.41, 5.74) is 9.77. The van der Waals surface area contributed by atoms with Gasteiger partial charge in [-0.3, -0.25) is 9.69 Å². The number of benzene rings is 3. The van der Waals surface area contributed by atoms with E-state index in [1.807, 2.05) is 87.3 Å². The molecule has 4 N–H and O–H groups in total. The third-order valence-electron chi connectivity index (χ3n) is 6.74. The highest BCUT2D eigenvalue weighted by Crippen LogP contribution is 2.32. The molecule has 1 atom stereocenters. The average Bonchev–Trinajstić information content (AvgIpc) is 3.29. The van der Waals surface area contributed by atoms with Crippen LogP contribution < -0.4 is 5.73 Å². The maximum Gasteiger partial charge on any atom is 0.337 e. The Morgan fingerprint density at radius 3 is 2.33 bits per heavy atom. The van der Waals surface area contributed by atoms with Crippen molar-refractivity contribution in [3.8, 4) is 5.88 Å². The molecule has 4 aromatic rings. The number of nitrogens with one attached hydrogen (secondary N) is 1. The van der Waals surface area contributed by atoms with Crippen molar-refractivity contribution in [2.24, 2.45) is 10.7 Å². The average molecular weight is 571 g/mol. The van der Waals surface area contributed by atoms with E-state index < -0.39 is 17.6 Å². The minimum Gasteiger partial charge on any atom is -0.494 e. The molecule has 0 saturated heterocycles. The number of aromatic nitrogens is 1. The lowest BCUT2D eigenvalue weighted by Gasteiger charge is -2.29. The summed E-state index contributed by atoms with van der Waals surface area (Å²) in [6, 6.07) is 21.9. The Kier molecular flexibility index (Phi) is 9.45. The van der Waals surface area contributed by atoms with Crippen molar-refractivity contribution >= 4 is 34.2 Å². The second-order valence-corrected chi connectivity index (χ2v) is 11.1. The molecule has 0 saturated carbocycles. The van der Waals surface area contributed by atoms with Gasteiger partial charge in [0, 0.05) is 23.0 Å². The molecular weight excluding hydrogens is 532 g/mol. The Hall–Kier alpha value is -4.47. The van der Waals surface area contributed by atoms with Crippen LogP contribution in [0.15, 0.2) is 77.8 Å². The van der Waals surface area contributed by atoms with Gasteiger partial charge >= 0.3 is 11.9 Å². The first-order valence-corrected chi connectivity index (χ1v) is 13.8. The lowest BCUT2D eigenvalue weighted by atomic mass is 10.00. The molecule has 0 aliphatic heterocycles. The molecule has 3 aromatic carbocycles. The monoisotopic (exact) mass is 570 g/mol. The molecule has 4 rings (SSSR count). The first-order chi connectivity index (χ1) is 20.0. The summed E-state index contributed by atoms with van der Waals surface area (Å²) in [6.07, 6.45) is 0.490. The van der Waals surface area contributed by atoms with Gasteiger partial charge < -0.3 is 25.3 Å². The van der Waals surface area contributed by atoms with Crippen LogP contribution in [0.3, 0.4) is 0 Å². The molecule has 0 fully saturated rings. The molecule has 220 valence electrons. The normalized spacial score (nSPS) is 12.9. The van der Waals surface area contributed by atoms with E-state index in [4.69, 9.17) is 20.2 Å². The van der Waals surface area contributed by atoms with Crippen LogP contribution in [0.1, 0.15) is 54.2 Å². The van der Waals surface area contributed by atoms with Crippen molar-refractivity contribution < 1.29 is 24.2 Å². The molecule has 1 aromatic heterocycles. The highest BCUT2D eigenvalue weighted by Gasteiger charge is 2.28. The zero-order valence-electron chi connectivity index (χ0n) is 24.7. The van der Waals surface area contributed by atoms with E-state index in [2.05, 4.69) is 4.98 Å². The van der Waals surface area contributed by atoms with Crippen molar-refractivity contribution in [1.82, 2.24) is 9.88 Å². The number of H-pyrrole nitrogens is 1. The fraction of sp³-hybridized carbons (Fsp3) is 0.303. The van der Waals surface area contributed by atoms with Crippen molar-refractivity contribution in [3.63, 3.8) is 0 Å². The number of nitrogens with two attached hydrogens (primary N) is 1. The number of rotatable bonds is 10. The number of nitrogens with zero attached hydrogens (tertiary/aromatic N) is 2. The summed E-state index contributed by atoms with van der Waals surface area (Å²) in [5, 5.41) is 11.7. The van der Waals surface area contributed by atoms with Crippen molar-refractivity contribution in [3.05, 3.63) is 95.1 Å². The summed E-state index contributed by atoms with van der Waals surface area (Å²) in [4.78, 5) is 34.7. The van der Waals surface area contributed by atoms with Crippen molar-refractivity contribution in [1.29, 1.82) is 0 Å². The molecular formula is C33H38N4O5. The minimum atomic E-state index is -0.580. The Labute approximate surface area is 246 Å². The van der Waals surface area contributed by atoms with Crippen LogP contribution in [-0.2, 0) is 20.8 Å². The maximum absolute atomic E-state index is 12.8. The highest BCUT2D eigenvalue weighted by atomic mass is 16.6. The van der Waals surface area contributed by atoms with E-state index in [-0.39, 0.29) is 11.8 Å². The number of ether oxygens (including phenoxy) is 2. The number of hydrogen-bond donors (Lipinski definition) is 3. The van der Waals surface area contributed by atoms with Gasteiger partial charge in [0.1, 0.15) is 11.6 Å². The van der Waals surface area contributed by atoms with E-state index in [0.29, 0.717) is 52.9 Å². The van der Waals surface area contributed by atoms with Crippen LogP contribution >= 0.6 is 0 Å². The second-order valence-electron chi connectivity index (χ2n) is 11.1. The molecule has 1 unspecified atom stereocenters. The molecule has 9 nitrogen and oxygen atoms in total. The molecule has 1 heterocycles.